The Morgan fingerprint density at radius 2 is 1.89 bits per heavy atom. The van der Waals surface area contributed by atoms with E-state index >= 15 is 0 Å². The lowest BCUT2D eigenvalue weighted by atomic mass is 10.2. The quantitative estimate of drug-likeness (QED) is 0.277. The molecule has 6 nitrogen and oxygen atoms in total. The second kappa shape index (κ2) is 8.33. The molecule has 3 aromatic rings. The highest BCUT2D eigenvalue weighted by atomic mass is 32.1. The number of aromatic nitrogens is 1. The molecule has 1 aromatic heterocycles. The molecule has 0 radical (unpaired) electrons. The molecule has 0 atom stereocenters. The number of nitro groups is 1. The van der Waals surface area contributed by atoms with Gasteiger partial charge in [-0.05, 0) is 42.0 Å². The zero-order valence-corrected chi connectivity index (χ0v) is 15.0. The topological polar surface area (TPSA) is 72.8 Å². The Hall–Kier alpha value is -3.39. The molecule has 0 unspecified atom stereocenters. The highest BCUT2D eigenvalue weighted by molar-refractivity contribution is 7.07. The summed E-state index contributed by atoms with van der Waals surface area (Å²) in [6, 6.07) is 12.2. The summed E-state index contributed by atoms with van der Waals surface area (Å²) in [5.74, 6) is -0.313. The Bertz CT molecular complexity index is 1050. The van der Waals surface area contributed by atoms with E-state index in [9.17, 15) is 14.5 Å². The molecule has 2 aromatic carbocycles. The van der Waals surface area contributed by atoms with Gasteiger partial charge in [-0.3, -0.25) is 15.1 Å². The number of halogens is 1. The maximum absolute atomic E-state index is 13.2. The highest BCUT2D eigenvalue weighted by Gasteiger charge is 2.08. The van der Waals surface area contributed by atoms with Gasteiger partial charge in [0.1, 0.15) is 5.82 Å². The molecule has 0 saturated carbocycles. The van der Waals surface area contributed by atoms with Crippen LogP contribution in [0.1, 0.15) is 5.56 Å². The monoisotopic (exact) mass is 382 g/mol. The van der Waals surface area contributed by atoms with Crippen LogP contribution in [0.2, 0.25) is 0 Å². The van der Waals surface area contributed by atoms with Crippen molar-refractivity contribution >= 4 is 23.2 Å². The summed E-state index contributed by atoms with van der Waals surface area (Å²) in [4.78, 5) is 15.4. The molecule has 0 N–H and O–H groups in total. The van der Waals surface area contributed by atoms with Gasteiger partial charge in [-0.15, -0.1) is 17.9 Å². The molecule has 1 heterocycles. The third kappa shape index (κ3) is 4.42. The van der Waals surface area contributed by atoms with E-state index in [0.29, 0.717) is 16.9 Å². The molecular weight excluding hydrogens is 367 g/mol. The molecule has 0 aliphatic rings. The predicted molar refractivity (Wildman–Crippen MR) is 104 cm³/mol. The SMILES string of the molecule is C=CCN=c1scc(-c2ccc(F)cc2)n1N=Cc1ccc([N+](=O)[O-])cc1. The van der Waals surface area contributed by atoms with Gasteiger partial charge < -0.3 is 0 Å². The van der Waals surface area contributed by atoms with E-state index in [4.69, 9.17) is 0 Å². The Kier molecular flexibility index (Phi) is 5.68. The van der Waals surface area contributed by atoms with Gasteiger partial charge in [0.25, 0.3) is 5.69 Å². The summed E-state index contributed by atoms with van der Waals surface area (Å²) in [7, 11) is 0. The number of nitrogens with zero attached hydrogens (tertiary/aromatic N) is 4. The van der Waals surface area contributed by atoms with Crippen molar-refractivity contribution in [2.24, 2.45) is 10.1 Å². The molecule has 0 spiro atoms. The van der Waals surface area contributed by atoms with E-state index in [-0.39, 0.29) is 11.5 Å². The van der Waals surface area contributed by atoms with Crippen LogP contribution in [0.3, 0.4) is 0 Å². The molecule has 0 fully saturated rings. The van der Waals surface area contributed by atoms with E-state index in [2.05, 4.69) is 16.7 Å². The van der Waals surface area contributed by atoms with Crippen LogP contribution in [-0.2, 0) is 0 Å². The van der Waals surface area contributed by atoms with Crippen LogP contribution in [0.4, 0.5) is 10.1 Å². The summed E-state index contributed by atoms with van der Waals surface area (Å²) in [5.41, 5.74) is 2.29. The van der Waals surface area contributed by atoms with Gasteiger partial charge >= 0.3 is 0 Å². The highest BCUT2D eigenvalue weighted by Crippen LogP contribution is 2.20. The number of hydrogen-bond acceptors (Lipinski definition) is 5. The number of rotatable bonds is 6. The van der Waals surface area contributed by atoms with Crippen LogP contribution in [0, 0.1) is 15.9 Å². The van der Waals surface area contributed by atoms with E-state index in [1.165, 1.54) is 35.6 Å². The maximum atomic E-state index is 13.2. The fourth-order valence-corrected chi connectivity index (χ4v) is 3.13. The normalized spacial score (nSPS) is 11.8. The Labute approximate surface area is 158 Å². The van der Waals surface area contributed by atoms with Gasteiger partial charge in [0, 0.05) is 23.1 Å². The third-order valence-electron chi connectivity index (χ3n) is 3.61. The molecule has 27 heavy (non-hydrogen) atoms. The van der Waals surface area contributed by atoms with Crippen molar-refractivity contribution in [1.29, 1.82) is 0 Å². The lowest BCUT2D eigenvalue weighted by Crippen LogP contribution is -2.12. The zero-order chi connectivity index (χ0) is 19.2. The van der Waals surface area contributed by atoms with Crippen molar-refractivity contribution < 1.29 is 9.31 Å². The molecule has 0 aliphatic carbocycles. The number of hydrogen-bond donors (Lipinski definition) is 0. The van der Waals surface area contributed by atoms with Crippen LogP contribution < -0.4 is 4.80 Å². The summed E-state index contributed by atoms with van der Waals surface area (Å²) in [6.07, 6.45) is 3.28. The largest absolute Gasteiger partial charge is 0.269 e. The fourth-order valence-electron chi connectivity index (χ4n) is 2.29. The zero-order valence-electron chi connectivity index (χ0n) is 14.2. The molecule has 0 saturated heterocycles. The van der Waals surface area contributed by atoms with E-state index in [1.54, 1.807) is 41.2 Å². The average Bonchev–Trinajstić information content (AvgIpc) is 3.08. The Morgan fingerprint density at radius 1 is 1.19 bits per heavy atom. The first kappa shape index (κ1) is 18.4. The smallest absolute Gasteiger partial charge is 0.258 e. The van der Waals surface area contributed by atoms with Crippen molar-refractivity contribution in [3.63, 3.8) is 0 Å². The summed E-state index contributed by atoms with van der Waals surface area (Å²) < 4.78 is 14.9. The average molecular weight is 382 g/mol. The molecule has 0 amide bonds. The van der Waals surface area contributed by atoms with Crippen molar-refractivity contribution in [3.05, 3.63) is 92.9 Å². The Balaban J connectivity index is 2.01. The molecule has 136 valence electrons. The summed E-state index contributed by atoms with van der Waals surface area (Å²) in [5, 5.41) is 17.1. The lowest BCUT2D eigenvalue weighted by molar-refractivity contribution is -0.384. The van der Waals surface area contributed by atoms with Crippen molar-refractivity contribution in [2.75, 3.05) is 6.54 Å². The van der Waals surface area contributed by atoms with Crippen LogP contribution in [0.15, 0.2) is 76.7 Å². The predicted octanol–water partition coefficient (Wildman–Crippen LogP) is 4.23. The maximum Gasteiger partial charge on any atom is 0.269 e. The fraction of sp³-hybridized carbons (Fsp3) is 0.0526. The van der Waals surface area contributed by atoms with Crippen LogP contribution in [0.25, 0.3) is 11.3 Å². The molecule has 0 bridgehead atoms. The van der Waals surface area contributed by atoms with Gasteiger partial charge in [0.2, 0.25) is 4.80 Å². The number of non-ortho nitro benzene ring substituents is 1. The van der Waals surface area contributed by atoms with Crippen LogP contribution in [-0.4, -0.2) is 22.4 Å². The first-order valence-electron chi connectivity index (χ1n) is 7.95. The molecule has 0 aliphatic heterocycles. The molecule has 3 rings (SSSR count). The minimum absolute atomic E-state index is 0.0176. The lowest BCUT2D eigenvalue weighted by Gasteiger charge is -2.03. The number of benzene rings is 2. The van der Waals surface area contributed by atoms with Gasteiger partial charge in [-0.1, -0.05) is 6.08 Å². The second-order valence-corrected chi connectivity index (χ2v) is 6.28. The summed E-state index contributed by atoms with van der Waals surface area (Å²) >= 11 is 1.41. The van der Waals surface area contributed by atoms with Crippen LogP contribution in [0.5, 0.6) is 0 Å². The summed E-state index contributed by atoms with van der Waals surface area (Å²) in [6.45, 7) is 4.10. The first-order chi connectivity index (χ1) is 13.1. The van der Waals surface area contributed by atoms with Crippen molar-refractivity contribution in [3.8, 4) is 11.3 Å². The van der Waals surface area contributed by atoms with Gasteiger partial charge in [-0.25, -0.2) is 9.07 Å². The minimum Gasteiger partial charge on any atom is -0.258 e. The van der Waals surface area contributed by atoms with E-state index in [1.807, 2.05) is 5.38 Å². The molecular formula is C19H15FN4O2S. The Morgan fingerprint density at radius 3 is 2.52 bits per heavy atom. The minimum atomic E-state index is -0.451. The first-order valence-corrected chi connectivity index (χ1v) is 8.83. The van der Waals surface area contributed by atoms with Crippen LogP contribution >= 0.6 is 11.3 Å². The van der Waals surface area contributed by atoms with E-state index in [0.717, 1.165) is 11.3 Å². The van der Waals surface area contributed by atoms with Crippen molar-refractivity contribution in [1.82, 2.24) is 4.68 Å². The standard InChI is InChI=1S/C19H15FN4O2S/c1-2-11-21-19-23(18(13-27-19)15-5-7-16(20)8-6-15)22-12-14-3-9-17(10-4-14)24(25)26/h2-10,12-13H,1,11H2. The van der Waals surface area contributed by atoms with Gasteiger partial charge in [-0.2, -0.15) is 5.10 Å². The number of nitro benzene ring substituents is 1. The third-order valence-corrected chi connectivity index (χ3v) is 4.46. The molecule has 8 heteroatoms. The van der Waals surface area contributed by atoms with Crippen molar-refractivity contribution in [2.45, 2.75) is 0 Å². The number of thiazole rings is 1. The second-order valence-electron chi connectivity index (χ2n) is 5.44. The van der Waals surface area contributed by atoms with Gasteiger partial charge in [0.05, 0.1) is 23.4 Å². The van der Waals surface area contributed by atoms with Gasteiger partial charge in [0.15, 0.2) is 0 Å². The van der Waals surface area contributed by atoms with E-state index < -0.39 is 4.92 Å².